The third-order valence-electron chi connectivity index (χ3n) is 6.29. The van der Waals surface area contributed by atoms with E-state index in [1.54, 1.807) is 0 Å². The number of carbonyl (C=O) groups excluding carboxylic acids is 1. The first kappa shape index (κ1) is 23.5. The largest absolute Gasteiger partial charge is 0.343 e. The van der Waals surface area contributed by atoms with Gasteiger partial charge in [0, 0.05) is 5.56 Å². The van der Waals surface area contributed by atoms with E-state index in [0.717, 1.165) is 53.9 Å². The number of hydrogen-bond donors (Lipinski definition) is 1. The lowest BCUT2D eigenvalue weighted by atomic mass is 9.87. The number of nitrogens with zero attached hydrogens (tertiary/aromatic N) is 2. The molecule has 174 valence electrons. The van der Waals surface area contributed by atoms with Gasteiger partial charge in [-0.05, 0) is 37.5 Å². The maximum atomic E-state index is 14.1. The Labute approximate surface area is 202 Å². The van der Waals surface area contributed by atoms with Crippen LogP contribution >= 0.6 is 0 Å². The standard InChI is InChI=1S/C30H33N3O/c1-4-15-26-27(29(34)31-30(3,22-5-2)24-18-11-7-12-19-24)28(23-16-9-6-10-17-23)32-33(26)25-20-13-8-14-21-25/h6-14,16-21H,4-5,15,22H2,1-3H3,(H,31,34). The van der Waals surface area contributed by atoms with Crippen LogP contribution in [0.4, 0.5) is 0 Å². The van der Waals surface area contributed by atoms with Crippen molar-refractivity contribution in [2.45, 2.75) is 52.0 Å². The van der Waals surface area contributed by atoms with Crippen molar-refractivity contribution in [2.24, 2.45) is 0 Å². The van der Waals surface area contributed by atoms with Crippen molar-refractivity contribution < 1.29 is 4.79 Å². The van der Waals surface area contributed by atoms with E-state index in [2.05, 4.69) is 38.2 Å². The zero-order valence-corrected chi connectivity index (χ0v) is 20.3. The number of para-hydroxylation sites is 1. The topological polar surface area (TPSA) is 46.9 Å². The molecule has 1 atom stereocenters. The molecule has 0 aliphatic rings. The second-order valence-corrected chi connectivity index (χ2v) is 8.94. The van der Waals surface area contributed by atoms with Gasteiger partial charge in [0.15, 0.2) is 0 Å². The average Bonchev–Trinajstić information content (AvgIpc) is 3.25. The number of benzene rings is 3. The molecule has 4 rings (SSSR count). The van der Waals surface area contributed by atoms with E-state index in [4.69, 9.17) is 5.10 Å². The summed E-state index contributed by atoms with van der Waals surface area (Å²) in [7, 11) is 0. The van der Waals surface area contributed by atoms with Crippen LogP contribution < -0.4 is 5.32 Å². The zero-order chi connectivity index (χ0) is 24.0. The van der Waals surface area contributed by atoms with E-state index in [9.17, 15) is 4.79 Å². The Morgan fingerprint density at radius 2 is 1.44 bits per heavy atom. The Bertz CT molecular complexity index is 1220. The summed E-state index contributed by atoms with van der Waals surface area (Å²) in [5.74, 6) is -0.0794. The fourth-order valence-corrected chi connectivity index (χ4v) is 4.64. The third kappa shape index (κ3) is 4.81. The van der Waals surface area contributed by atoms with Crippen molar-refractivity contribution in [2.75, 3.05) is 0 Å². The highest BCUT2D eigenvalue weighted by Crippen LogP contribution is 2.31. The van der Waals surface area contributed by atoms with Crippen molar-refractivity contribution in [3.05, 3.63) is 108 Å². The van der Waals surface area contributed by atoms with Gasteiger partial charge in [-0.15, -0.1) is 0 Å². The van der Waals surface area contributed by atoms with Crippen LogP contribution in [-0.2, 0) is 12.0 Å². The summed E-state index contributed by atoms with van der Waals surface area (Å²) in [4.78, 5) is 14.1. The SMILES string of the molecule is CCCc1c(C(=O)NC(C)(CCC)c2ccccc2)c(-c2ccccc2)nn1-c1ccccc1. The highest BCUT2D eigenvalue weighted by molar-refractivity contribution is 6.01. The fraction of sp³-hybridized carbons (Fsp3) is 0.267. The smallest absolute Gasteiger partial charge is 0.256 e. The summed E-state index contributed by atoms with van der Waals surface area (Å²) in [6.45, 7) is 6.41. The van der Waals surface area contributed by atoms with Crippen LogP contribution in [0.3, 0.4) is 0 Å². The molecule has 4 aromatic rings. The minimum Gasteiger partial charge on any atom is -0.343 e. The van der Waals surface area contributed by atoms with Gasteiger partial charge in [0.2, 0.25) is 0 Å². The van der Waals surface area contributed by atoms with Gasteiger partial charge in [-0.2, -0.15) is 5.10 Å². The molecule has 0 saturated heterocycles. The van der Waals surface area contributed by atoms with E-state index < -0.39 is 5.54 Å². The molecule has 1 N–H and O–H groups in total. The van der Waals surface area contributed by atoms with E-state index in [-0.39, 0.29) is 5.91 Å². The van der Waals surface area contributed by atoms with Gasteiger partial charge < -0.3 is 5.32 Å². The van der Waals surface area contributed by atoms with Crippen LogP contribution in [0.25, 0.3) is 16.9 Å². The molecule has 0 aliphatic carbocycles. The third-order valence-corrected chi connectivity index (χ3v) is 6.29. The Morgan fingerprint density at radius 1 is 0.853 bits per heavy atom. The first-order valence-electron chi connectivity index (χ1n) is 12.2. The second kappa shape index (κ2) is 10.5. The summed E-state index contributed by atoms with van der Waals surface area (Å²) >= 11 is 0. The highest BCUT2D eigenvalue weighted by atomic mass is 16.1. The van der Waals surface area contributed by atoms with Crippen LogP contribution in [0.2, 0.25) is 0 Å². The first-order chi connectivity index (χ1) is 16.6. The summed E-state index contributed by atoms with van der Waals surface area (Å²) in [5, 5.41) is 8.40. The molecule has 1 amide bonds. The molecule has 4 nitrogen and oxygen atoms in total. The first-order valence-corrected chi connectivity index (χ1v) is 12.2. The number of hydrogen-bond acceptors (Lipinski definition) is 2. The van der Waals surface area contributed by atoms with Gasteiger partial charge in [0.25, 0.3) is 5.91 Å². The Balaban J connectivity index is 1.86. The van der Waals surface area contributed by atoms with Crippen LogP contribution in [0.1, 0.15) is 61.6 Å². The lowest BCUT2D eigenvalue weighted by Gasteiger charge is -2.31. The molecular formula is C30H33N3O. The lowest BCUT2D eigenvalue weighted by Crippen LogP contribution is -2.43. The fourth-order valence-electron chi connectivity index (χ4n) is 4.64. The maximum Gasteiger partial charge on any atom is 0.256 e. The molecule has 0 bridgehead atoms. The van der Waals surface area contributed by atoms with Crippen LogP contribution in [-0.4, -0.2) is 15.7 Å². The van der Waals surface area contributed by atoms with Crippen LogP contribution in [0, 0.1) is 0 Å². The normalized spacial score (nSPS) is 12.8. The van der Waals surface area contributed by atoms with E-state index in [0.29, 0.717) is 5.56 Å². The van der Waals surface area contributed by atoms with E-state index in [1.165, 1.54) is 0 Å². The number of carbonyl (C=O) groups is 1. The minimum atomic E-state index is -0.473. The molecule has 0 saturated carbocycles. The molecule has 0 spiro atoms. The number of nitrogens with one attached hydrogen (secondary N) is 1. The summed E-state index contributed by atoms with van der Waals surface area (Å²) in [6, 6.07) is 30.3. The maximum absolute atomic E-state index is 14.1. The van der Waals surface area contributed by atoms with Gasteiger partial charge >= 0.3 is 0 Å². The van der Waals surface area contributed by atoms with Gasteiger partial charge in [-0.1, -0.05) is 106 Å². The van der Waals surface area contributed by atoms with Crippen molar-refractivity contribution >= 4 is 5.91 Å². The predicted octanol–water partition coefficient (Wildman–Crippen LogP) is 6.94. The van der Waals surface area contributed by atoms with Crippen molar-refractivity contribution in [1.29, 1.82) is 0 Å². The van der Waals surface area contributed by atoms with Crippen molar-refractivity contribution in [3.8, 4) is 16.9 Å². The van der Waals surface area contributed by atoms with Crippen LogP contribution in [0.15, 0.2) is 91.0 Å². The number of rotatable bonds is 9. The quantitative estimate of drug-likeness (QED) is 0.300. The van der Waals surface area contributed by atoms with Crippen molar-refractivity contribution in [3.63, 3.8) is 0 Å². The Hall–Kier alpha value is -3.66. The number of amides is 1. The van der Waals surface area contributed by atoms with Crippen LogP contribution in [0.5, 0.6) is 0 Å². The molecule has 3 aromatic carbocycles. The number of aromatic nitrogens is 2. The van der Waals surface area contributed by atoms with Crippen molar-refractivity contribution in [1.82, 2.24) is 15.1 Å². The summed E-state index contributed by atoms with van der Waals surface area (Å²) in [5.41, 5.74) is 4.86. The van der Waals surface area contributed by atoms with Gasteiger partial charge in [-0.25, -0.2) is 4.68 Å². The van der Waals surface area contributed by atoms with Gasteiger partial charge in [-0.3, -0.25) is 4.79 Å². The summed E-state index contributed by atoms with van der Waals surface area (Å²) in [6.07, 6.45) is 3.48. The Morgan fingerprint density at radius 3 is 2.03 bits per heavy atom. The molecule has 1 unspecified atom stereocenters. The lowest BCUT2D eigenvalue weighted by molar-refractivity contribution is 0.0899. The van der Waals surface area contributed by atoms with Gasteiger partial charge in [0.05, 0.1) is 22.5 Å². The molecule has 34 heavy (non-hydrogen) atoms. The second-order valence-electron chi connectivity index (χ2n) is 8.94. The molecule has 0 fully saturated rings. The molecular weight excluding hydrogens is 418 g/mol. The zero-order valence-electron chi connectivity index (χ0n) is 20.3. The molecule has 4 heteroatoms. The van der Waals surface area contributed by atoms with E-state index >= 15 is 0 Å². The highest BCUT2D eigenvalue weighted by Gasteiger charge is 2.32. The molecule has 1 heterocycles. The Kier molecular flexibility index (Phi) is 7.27. The molecule has 0 radical (unpaired) electrons. The molecule has 1 aromatic heterocycles. The van der Waals surface area contributed by atoms with Gasteiger partial charge in [0.1, 0.15) is 5.69 Å². The minimum absolute atomic E-state index is 0.0794. The molecule has 0 aliphatic heterocycles. The van der Waals surface area contributed by atoms with E-state index in [1.807, 2.05) is 83.5 Å². The summed E-state index contributed by atoms with van der Waals surface area (Å²) < 4.78 is 1.94. The monoisotopic (exact) mass is 451 g/mol. The predicted molar refractivity (Wildman–Crippen MR) is 139 cm³/mol. The average molecular weight is 452 g/mol.